The van der Waals surface area contributed by atoms with Crippen molar-refractivity contribution in [3.63, 3.8) is 0 Å². The van der Waals surface area contributed by atoms with Gasteiger partial charge in [-0.25, -0.2) is 8.78 Å². The quantitative estimate of drug-likeness (QED) is 0.332. The average molecular weight is 360 g/mol. The number of phenolic OH excluding ortho intramolecular Hbond substituents is 2. The van der Waals surface area contributed by atoms with E-state index < -0.39 is 28.0 Å². The Balaban J connectivity index is 0.000000449. The smallest absolute Gasteiger partial charge is 0.317 e. The van der Waals surface area contributed by atoms with Gasteiger partial charge in [-0.15, -0.1) is 0 Å². The van der Waals surface area contributed by atoms with Crippen LogP contribution in [0.3, 0.4) is 0 Å². The summed E-state index contributed by atoms with van der Waals surface area (Å²) in [5, 5.41) is 28.5. The summed E-state index contributed by atoms with van der Waals surface area (Å²) in [6.07, 6.45) is 0. The first-order valence-electron chi connectivity index (χ1n) is 6.24. The van der Waals surface area contributed by atoms with Gasteiger partial charge in [-0.1, -0.05) is 7.43 Å². The van der Waals surface area contributed by atoms with Crippen molar-refractivity contribution in [3.05, 3.63) is 46.0 Å². The zero-order valence-electron chi connectivity index (χ0n) is 12.6. The Hall–Kier alpha value is -3.30. The third-order valence-corrected chi connectivity index (χ3v) is 2.73. The highest BCUT2D eigenvalue weighted by molar-refractivity contribution is 5.59. The first-order valence-corrected chi connectivity index (χ1v) is 6.24. The van der Waals surface area contributed by atoms with Crippen LogP contribution in [0, 0.1) is 21.7 Å². The summed E-state index contributed by atoms with van der Waals surface area (Å²) < 4.78 is 34.3. The van der Waals surface area contributed by atoms with Crippen LogP contribution < -0.4 is 15.2 Å². The normalized spacial score (nSPS) is 9.28. The number of nitrogens with zero attached hydrogens (tertiary/aromatic N) is 1. The van der Waals surface area contributed by atoms with Gasteiger partial charge in [0.15, 0.2) is 17.2 Å². The van der Waals surface area contributed by atoms with Gasteiger partial charge in [0.25, 0.3) is 0 Å². The lowest BCUT2D eigenvalue weighted by Gasteiger charge is -2.04. The van der Waals surface area contributed by atoms with Crippen molar-refractivity contribution < 1.29 is 33.4 Å². The van der Waals surface area contributed by atoms with Crippen molar-refractivity contribution in [1.82, 2.24) is 0 Å². The van der Waals surface area contributed by atoms with E-state index >= 15 is 0 Å². The Morgan fingerprint density at radius 2 is 1.44 bits per heavy atom. The second kappa shape index (κ2) is 9.11. The minimum Gasteiger partial charge on any atom is -0.503 e. The van der Waals surface area contributed by atoms with Crippen LogP contribution in [0.4, 0.5) is 20.2 Å². The van der Waals surface area contributed by atoms with Crippen molar-refractivity contribution in [2.24, 2.45) is 0 Å². The first kappa shape index (κ1) is 21.7. The Labute approximate surface area is 142 Å². The zero-order valence-corrected chi connectivity index (χ0v) is 12.6. The van der Waals surface area contributed by atoms with E-state index in [0.29, 0.717) is 6.07 Å². The van der Waals surface area contributed by atoms with Crippen LogP contribution >= 0.6 is 0 Å². The molecule has 0 aliphatic rings. The van der Waals surface area contributed by atoms with Crippen LogP contribution in [0.2, 0.25) is 0 Å². The summed E-state index contributed by atoms with van der Waals surface area (Å²) in [7, 11) is 2.51. The summed E-state index contributed by atoms with van der Waals surface area (Å²) in [5.74, 6) is -2.48. The number of ether oxygens (including phenoxy) is 2. The maximum atomic E-state index is 12.7. The third kappa shape index (κ3) is 5.37. The van der Waals surface area contributed by atoms with Gasteiger partial charge in [-0.2, -0.15) is 0 Å². The summed E-state index contributed by atoms with van der Waals surface area (Å²) in [4.78, 5) is 9.38. The van der Waals surface area contributed by atoms with E-state index in [1.54, 1.807) is 0 Å². The monoisotopic (exact) mass is 360 g/mol. The number of nitro benzene ring substituents is 1. The molecule has 2 rings (SSSR count). The van der Waals surface area contributed by atoms with Gasteiger partial charge < -0.3 is 25.4 Å². The lowest BCUT2D eigenvalue weighted by molar-refractivity contribution is -0.386. The highest BCUT2D eigenvalue weighted by Crippen LogP contribution is 2.36. The number of hydrogen-bond donors (Lipinski definition) is 3. The molecule has 0 amide bonds. The predicted molar refractivity (Wildman–Crippen MR) is 87.0 cm³/mol. The highest BCUT2D eigenvalue weighted by atomic mass is 19.1. The average Bonchev–Trinajstić information content (AvgIpc) is 2.53. The molecule has 0 bridgehead atoms. The van der Waals surface area contributed by atoms with Crippen molar-refractivity contribution in [1.29, 1.82) is 0 Å². The number of hydrogen-bond acceptors (Lipinski definition) is 7. The number of rotatable bonds is 3. The molecule has 0 saturated heterocycles. The number of phenols is 2. The fraction of sp³-hybridized carbons (Fsp3) is 0.200. The molecule has 0 saturated carbocycles. The summed E-state index contributed by atoms with van der Waals surface area (Å²) >= 11 is 0. The molecule has 4 N–H and O–H groups in total. The molecule has 8 nitrogen and oxygen atoms in total. The third-order valence-electron chi connectivity index (χ3n) is 2.73. The maximum Gasteiger partial charge on any atom is 0.317 e. The van der Waals surface area contributed by atoms with Crippen LogP contribution in [0.25, 0.3) is 0 Å². The van der Waals surface area contributed by atoms with Crippen LogP contribution in [-0.4, -0.2) is 29.4 Å². The minimum absolute atomic E-state index is 0. The van der Waals surface area contributed by atoms with Crippen LogP contribution in [0.5, 0.6) is 23.0 Å². The van der Waals surface area contributed by atoms with E-state index in [4.69, 9.17) is 15.9 Å². The number of halogens is 2. The Kier molecular flexibility index (Phi) is 7.91. The maximum absolute atomic E-state index is 12.7. The summed E-state index contributed by atoms with van der Waals surface area (Å²) in [5.41, 5.74) is 4.49. The second-order valence-electron chi connectivity index (χ2n) is 4.28. The van der Waals surface area contributed by atoms with E-state index in [-0.39, 0.29) is 30.4 Å². The molecule has 2 aromatic rings. The number of aromatic hydroxyl groups is 2. The Morgan fingerprint density at radius 1 is 1.00 bits per heavy atom. The number of anilines is 1. The second-order valence-corrected chi connectivity index (χ2v) is 4.28. The molecule has 2 aromatic carbocycles. The highest BCUT2D eigenvalue weighted by Gasteiger charge is 2.19. The number of nitrogens with two attached hydrogens (primary N) is 1. The van der Waals surface area contributed by atoms with Crippen molar-refractivity contribution in [2.75, 3.05) is 20.0 Å². The lowest BCUT2D eigenvalue weighted by atomic mass is 10.2. The first-order chi connectivity index (χ1) is 11.2. The van der Waals surface area contributed by atoms with Gasteiger partial charge in [0.2, 0.25) is 5.75 Å². The molecule has 0 heterocycles. The molecule has 0 aromatic heterocycles. The van der Waals surface area contributed by atoms with E-state index in [1.807, 2.05) is 0 Å². The molecule has 0 spiro atoms. The SMILES string of the molecule is C.COc1cc(F)cc(N)c1O.COc1cc(F)cc([N+](=O)[O-])c1O. The van der Waals surface area contributed by atoms with Gasteiger partial charge in [0.05, 0.1) is 30.9 Å². The van der Waals surface area contributed by atoms with Crippen molar-refractivity contribution in [2.45, 2.75) is 7.43 Å². The van der Waals surface area contributed by atoms with Gasteiger partial charge in [0, 0.05) is 18.2 Å². The number of nitro groups is 1. The fourth-order valence-corrected chi connectivity index (χ4v) is 1.61. The predicted octanol–water partition coefficient (Wildman–Crippen LogP) is 3.21. The number of nitrogen functional groups attached to an aromatic ring is 1. The van der Waals surface area contributed by atoms with E-state index in [0.717, 1.165) is 18.2 Å². The van der Waals surface area contributed by atoms with Crippen LogP contribution in [-0.2, 0) is 0 Å². The number of benzene rings is 2. The van der Waals surface area contributed by atoms with E-state index in [1.165, 1.54) is 14.2 Å². The van der Waals surface area contributed by atoms with Gasteiger partial charge >= 0.3 is 5.69 Å². The molecular formula is C15H18F2N2O6. The van der Waals surface area contributed by atoms with E-state index in [2.05, 4.69) is 9.47 Å². The molecule has 138 valence electrons. The molecule has 25 heavy (non-hydrogen) atoms. The van der Waals surface area contributed by atoms with Gasteiger partial charge in [-0.3, -0.25) is 10.1 Å². The topological polar surface area (TPSA) is 128 Å². The lowest BCUT2D eigenvalue weighted by Crippen LogP contribution is -1.93. The fourth-order valence-electron chi connectivity index (χ4n) is 1.61. The van der Waals surface area contributed by atoms with Gasteiger partial charge in [-0.05, 0) is 0 Å². The number of methoxy groups -OCH3 is 2. The molecular weight excluding hydrogens is 342 g/mol. The molecule has 0 unspecified atom stereocenters. The van der Waals surface area contributed by atoms with Crippen LogP contribution in [0.1, 0.15) is 7.43 Å². The standard InChI is InChI=1S/C7H6FNO4.C7H8FNO2.CH4/c1-13-6-3-4(8)2-5(7(6)10)9(11)12;1-11-6-3-4(8)2-5(9)7(6)10;/h2-3,10H,1H3;2-3,10H,9H2,1H3;1H4. The van der Waals surface area contributed by atoms with Crippen molar-refractivity contribution >= 4 is 11.4 Å². The zero-order chi connectivity index (χ0) is 18.4. The molecule has 10 heteroatoms. The van der Waals surface area contributed by atoms with E-state index in [9.17, 15) is 18.9 Å². The largest absolute Gasteiger partial charge is 0.503 e. The Morgan fingerprint density at radius 3 is 1.88 bits per heavy atom. The minimum atomic E-state index is -0.888. The van der Waals surface area contributed by atoms with Crippen LogP contribution in [0.15, 0.2) is 24.3 Å². The summed E-state index contributed by atoms with van der Waals surface area (Å²) in [6.45, 7) is 0. The van der Waals surface area contributed by atoms with Gasteiger partial charge in [0.1, 0.15) is 11.6 Å². The summed E-state index contributed by atoms with van der Waals surface area (Å²) in [6, 6.07) is 3.57. The molecule has 0 aliphatic carbocycles. The molecule has 0 fully saturated rings. The molecule has 0 atom stereocenters. The Bertz CT molecular complexity index is 755. The molecule has 0 radical (unpaired) electrons. The molecule has 0 aliphatic heterocycles. The van der Waals surface area contributed by atoms with Crippen molar-refractivity contribution in [3.8, 4) is 23.0 Å².